The van der Waals surface area contributed by atoms with E-state index >= 15 is 0 Å². The van der Waals surface area contributed by atoms with Gasteiger partial charge in [0, 0.05) is 17.4 Å². The highest BCUT2D eigenvalue weighted by Crippen LogP contribution is 2.34. The minimum absolute atomic E-state index is 0.448. The lowest BCUT2D eigenvalue weighted by atomic mass is 10.0. The number of aromatic amines is 2. The number of allylic oxidation sites excluding steroid dienone is 1. The maximum absolute atomic E-state index is 12.8. The van der Waals surface area contributed by atoms with Crippen molar-refractivity contribution in [1.82, 2.24) is 10.2 Å². The molecule has 1 aliphatic heterocycles. The normalized spacial score (nSPS) is 15.8. The van der Waals surface area contributed by atoms with Crippen LogP contribution in [0.15, 0.2) is 34.1 Å². The average Bonchev–Trinajstić information content (AvgIpc) is 2.95. The van der Waals surface area contributed by atoms with Gasteiger partial charge in [0.05, 0.1) is 11.3 Å². The van der Waals surface area contributed by atoms with Gasteiger partial charge in [-0.15, -0.1) is 0 Å². The SMILES string of the molecule is O=c1[nH][nH]c(C(F)(F)F)c1/C=C1/C=Nc2ccccc21. The van der Waals surface area contributed by atoms with Crippen molar-refractivity contribution in [2.45, 2.75) is 6.18 Å². The van der Waals surface area contributed by atoms with Gasteiger partial charge in [-0.05, 0) is 12.1 Å². The Morgan fingerprint density at radius 3 is 2.65 bits per heavy atom. The fraction of sp³-hybridized carbons (Fsp3) is 0.0769. The number of nitrogens with one attached hydrogen (secondary N) is 2. The summed E-state index contributed by atoms with van der Waals surface area (Å²) < 4.78 is 38.3. The van der Waals surface area contributed by atoms with Crippen LogP contribution in [0.2, 0.25) is 0 Å². The highest BCUT2D eigenvalue weighted by Gasteiger charge is 2.36. The molecule has 0 spiro atoms. The van der Waals surface area contributed by atoms with Crippen molar-refractivity contribution in [2.24, 2.45) is 4.99 Å². The first-order valence-corrected chi connectivity index (χ1v) is 5.70. The summed E-state index contributed by atoms with van der Waals surface area (Å²) in [4.78, 5) is 15.6. The maximum atomic E-state index is 12.8. The average molecular weight is 279 g/mol. The van der Waals surface area contributed by atoms with E-state index in [9.17, 15) is 18.0 Å². The molecule has 0 bridgehead atoms. The molecule has 3 rings (SSSR count). The van der Waals surface area contributed by atoms with Gasteiger partial charge in [0.25, 0.3) is 5.56 Å². The molecule has 20 heavy (non-hydrogen) atoms. The summed E-state index contributed by atoms with van der Waals surface area (Å²) in [5.74, 6) is 0. The third-order valence-electron chi connectivity index (χ3n) is 2.96. The Labute approximate surface area is 110 Å². The zero-order valence-corrected chi connectivity index (χ0v) is 9.95. The molecule has 0 aliphatic carbocycles. The van der Waals surface area contributed by atoms with Crippen LogP contribution in [-0.2, 0) is 6.18 Å². The summed E-state index contributed by atoms with van der Waals surface area (Å²) >= 11 is 0. The van der Waals surface area contributed by atoms with E-state index < -0.39 is 23.0 Å². The van der Waals surface area contributed by atoms with Gasteiger partial charge in [-0.3, -0.25) is 20.0 Å². The molecule has 1 aliphatic rings. The van der Waals surface area contributed by atoms with Gasteiger partial charge in [-0.1, -0.05) is 18.2 Å². The molecule has 1 aromatic heterocycles. The number of nitrogens with zero attached hydrogens (tertiary/aromatic N) is 1. The van der Waals surface area contributed by atoms with Crippen molar-refractivity contribution in [2.75, 3.05) is 0 Å². The Morgan fingerprint density at radius 1 is 1.15 bits per heavy atom. The third-order valence-corrected chi connectivity index (χ3v) is 2.96. The zero-order valence-electron chi connectivity index (χ0n) is 9.95. The van der Waals surface area contributed by atoms with E-state index in [1.54, 1.807) is 24.3 Å². The third kappa shape index (κ3) is 1.97. The summed E-state index contributed by atoms with van der Waals surface area (Å²) in [7, 11) is 0. The van der Waals surface area contributed by atoms with E-state index in [2.05, 4.69) is 4.99 Å². The summed E-state index contributed by atoms with van der Waals surface area (Å²) in [5, 5.41) is 3.81. The van der Waals surface area contributed by atoms with Crippen molar-refractivity contribution in [1.29, 1.82) is 0 Å². The van der Waals surface area contributed by atoms with E-state index in [1.807, 2.05) is 10.2 Å². The van der Waals surface area contributed by atoms with Crippen LogP contribution in [0.1, 0.15) is 16.8 Å². The highest BCUT2D eigenvalue weighted by atomic mass is 19.4. The lowest BCUT2D eigenvalue weighted by Gasteiger charge is -2.04. The van der Waals surface area contributed by atoms with Crippen LogP contribution < -0.4 is 5.56 Å². The first-order chi connectivity index (χ1) is 9.47. The predicted octanol–water partition coefficient (Wildman–Crippen LogP) is 2.98. The van der Waals surface area contributed by atoms with Gasteiger partial charge >= 0.3 is 6.18 Å². The van der Waals surface area contributed by atoms with Crippen molar-refractivity contribution in [3.63, 3.8) is 0 Å². The fourth-order valence-corrected chi connectivity index (χ4v) is 2.04. The van der Waals surface area contributed by atoms with E-state index in [0.717, 1.165) is 0 Å². The molecule has 0 unspecified atom stereocenters. The van der Waals surface area contributed by atoms with Gasteiger partial charge in [0.2, 0.25) is 0 Å². The lowest BCUT2D eigenvalue weighted by molar-refractivity contribution is -0.141. The van der Waals surface area contributed by atoms with E-state index in [-0.39, 0.29) is 0 Å². The van der Waals surface area contributed by atoms with Crippen LogP contribution in [0, 0.1) is 0 Å². The number of para-hydroxylation sites is 1. The second-order valence-electron chi connectivity index (χ2n) is 4.24. The number of aliphatic imine (C=N–C) groups is 1. The smallest absolute Gasteiger partial charge is 0.293 e. The molecule has 7 heteroatoms. The zero-order chi connectivity index (χ0) is 14.3. The number of alkyl halides is 3. The van der Waals surface area contributed by atoms with Crippen molar-refractivity contribution in [3.8, 4) is 0 Å². The molecule has 0 radical (unpaired) electrons. The van der Waals surface area contributed by atoms with E-state index in [4.69, 9.17) is 0 Å². The Morgan fingerprint density at radius 2 is 1.90 bits per heavy atom. The quantitative estimate of drug-likeness (QED) is 0.828. The van der Waals surface area contributed by atoms with Gasteiger partial charge < -0.3 is 0 Å². The first-order valence-electron chi connectivity index (χ1n) is 5.70. The highest BCUT2D eigenvalue weighted by molar-refractivity contribution is 6.21. The molecule has 0 atom stereocenters. The molecule has 0 saturated carbocycles. The molecular weight excluding hydrogens is 271 g/mol. The molecule has 2 N–H and O–H groups in total. The molecule has 2 heterocycles. The summed E-state index contributed by atoms with van der Waals surface area (Å²) in [5.41, 5.74) is -0.525. The summed E-state index contributed by atoms with van der Waals surface area (Å²) in [6.45, 7) is 0. The molecule has 0 fully saturated rings. The van der Waals surface area contributed by atoms with Crippen LogP contribution in [0.5, 0.6) is 0 Å². The van der Waals surface area contributed by atoms with Crippen LogP contribution in [0.4, 0.5) is 18.9 Å². The standard InChI is InChI=1S/C13H8F3N3O/c14-13(15,16)11-9(12(20)19-18-11)5-7-6-17-10-4-2-1-3-8(7)10/h1-6H,(H2,18,19,20)/b7-5-. The van der Waals surface area contributed by atoms with Crippen LogP contribution >= 0.6 is 0 Å². The largest absolute Gasteiger partial charge is 0.433 e. The summed E-state index contributed by atoms with van der Waals surface area (Å²) in [6, 6.07) is 7.03. The second kappa shape index (κ2) is 4.22. The molecule has 1 aromatic carbocycles. The summed E-state index contributed by atoms with van der Waals surface area (Å²) in [6.07, 6.45) is -1.99. The number of fused-ring (bicyclic) bond motifs is 1. The van der Waals surface area contributed by atoms with Gasteiger partial charge in [-0.25, -0.2) is 0 Å². The Bertz CT molecular complexity index is 781. The Balaban J connectivity index is 2.14. The topological polar surface area (TPSA) is 61.0 Å². The van der Waals surface area contributed by atoms with Gasteiger partial charge in [0.15, 0.2) is 0 Å². The minimum atomic E-state index is -4.62. The van der Waals surface area contributed by atoms with E-state index in [1.165, 1.54) is 12.3 Å². The fourth-order valence-electron chi connectivity index (χ4n) is 2.04. The maximum Gasteiger partial charge on any atom is 0.433 e. The number of hydrogen-bond acceptors (Lipinski definition) is 2. The van der Waals surface area contributed by atoms with Crippen LogP contribution in [0.25, 0.3) is 11.6 Å². The molecule has 0 saturated heterocycles. The predicted molar refractivity (Wildman–Crippen MR) is 68.9 cm³/mol. The van der Waals surface area contributed by atoms with Crippen LogP contribution in [-0.4, -0.2) is 16.4 Å². The van der Waals surface area contributed by atoms with Gasteiger partial charge in [-0.2, -0.15) is 13.2 Å². The van der Waals surface area contributed by atoms with Crippen molar-refractivity contribution in [3.05, 3.63) is 51.4 Å². The molecular formula is C13H8F3N3O. The monoisotopic (exact) mass is 279 g/mol. The van der Waals surface area contributed by atoms with E-state index in [0.29, 0.717) is 16.8 Å². The number of H-pyrrole nitrogens is 2. The van der Waals surface area contributed by atoms with Crippen LogP contribution in [0.3, 0.4) is 0 Å². The molecule has 102 valence electrons. The number of rotatable bonds is 1. The lowest BCUT2D eigenvalue weighted by Crippen LogP contribution is -2.10. The van der Waals surface area contributed by atoms with Crippen molar-refractivity contribution >= 4 is 23.6 Å². The number of benzene rings is 1. The number of hydrogen-bond donors (Lipinski definition) is 2. The van der Waals surface area contributed by atoms with Gasteiger partial charge in [0.1, 0.15) is 5.69 Å². The number of halogens is 3. The molecule has 4 nitrogen and oxygen atoms in total. The molecule has 2 aromatic rings. The minimum Gasteiger partial charge on any atom is -0.293 e. The molecule has 0 amide bonds. The Hall–Kier alpha value is -2.57. The van der Waals surface area contributed by atoms with Crippen molar-refractivity contribution < 1.29 is 13.2 Å². The first kappa shape index (κ1) is 12.5. The number of aromatic nitrogens is 2. The second-order valence-corrected chi connectivity index (χ2v) is 4.24. The Kier molecular flexibility index (Phi) is 2.63.